The van der Waals surface area contributed by atoms with Crippen LogP contribution in [0.25, 0.3) is 0 Å². The quantitative estimate of drug-likeness (QED) is 0.348. The predicted molar refractivity (Wildman–Crippen MR) is 132 cm³/mol. The van der Waals surface area contributed by atoms with E-state index in [1.807, 2.05) is 84.9 Å². The Hall–Kier alpha value is -4.18. The number of phenols is 2. The van der Waals surface area contributed by atoms with Crippen molar-refractivity contribution in [3.05, 3.63) is 120 Å². The lowest BCUT2D eigenvalue weighted by Crippen LogP contribution is -1.80. The third-order valence-corrected chi connectivity index (χ3v) is 4.09. The van der Waals surface area contributed by atoms with Gasteiger partial charge in [0.1, 0.15) is 11.5 Å². The molecule has 0 amide bonds. The number of benzene rings is 4. The first kappa shape index (κ1) is 23.1. The van der Waals surface area contributed by atoms with E-state index < -0.39 is 0 Å². The highest BCUT2D eigenvalue weighted by Crippen LogP contribution is 2.16. The van der Waals surface area contributed by atoms with Crippen molar-refractivity contribution in [1.29, 1.82) is 0 Å². The van der Waals surface area contributed by atoms with E-state index in [2.05, 4.69) is 9.98 Å². The molecule has 0 heterocycles. The Morgan fingerprint density at radius 3 is 1.16 bits per heavy atom. The van der Waals surface area contributed by atoms with Crippen LogP contribution in [0.3, 0.4) is 0 Å². The molecule has 0 aliphatic heterocycles. The zero-order valence-corrected chi connectivity index (χ0v) is 16.3. The maximum absolute atomic E-state index is 9.50. The fourth-order valence-corrected chi connectivity index (χ4v) is 2.51. The summed E-state index contributed by atoms with van der Waals surface area (Å²) >= 11 is 0. The van der Waals surface area contributed by atoms with Crippen molar-refractivity contribution in [2.75, 3.05) is 0 Å². The Balaban J connectivity index is 0.000000301. The average Bonchev–Trinajstić information content (AvgIpc) is 2.80. The molecule has 4 heteroatoms. The van der Waals surface area contributed by atoms with Crippen molar-refractivity contribution < 1.29 is 11.6 Å². The van der Waals surface area contributed by atoms with E-state index in [9.17, 15) is 10.2 Å². The van der Waals surface area contributed by atoms with Gasteiger partial charge in [-0.1, -0.05) is 68.1 Å². The van der Waals surface area contributed by atoms with Crippen molar-refractivity contribution in [2.45, 2.75) is 7.43 Å². The summed E-state index contributed by atoms with van der Waals surface area (Å²) in [5.74, 6) is 0.495. The molecule has 0 saturated heterocycles. The van der Waals surface area contributed by atoms with Crippen LogP contribution in [0.2, 0.25) is 0 Å². The summed E-state index contributed by atoms with van der Waals surface area (Å²) in [6.45, 7) is 0. The first-order valence-electron chi connectivity index (χ1n) is 9.46. The highest BCUT2D eigenvalue weighted by atomic mass is 16.3. The summed E-state index contributed by atoms with van der Waals surface area (Å²) in [6.07, 6.45) is 3.31. The summed E-state index contributed by atoms with van der Waals surface area (Å²) < 4.78 is 0. The molecule has 0 unspecified atom stereocenters. The van der Waals surface area contributed by atoms with E-state index in [0.717, 1.165) is 22.5 Å². The molecule has 0 aliphatic rings. The first-order chi connectivity index (χ1) is 14.7. The van der Waals surface area contributed by atoms with Gasteiger partial charge in [0.15, 0.2) is 0 Å². The van der Waals surface area contributed by atoms with Crippen molar-refractivity contribution in [3.63, 3.8) is 0 Å². The van der Waals surface area contributed by atoms with E-state index in [0.29, 0.717) is 0 Å². The van der Waals surface area contributed by atoms with Crippen LogP contribution in [-0.4, -0.2) is 22.6 Å². The minimum absolute atomic E-state index is 0. The van der Waals surface area contributed by atoms with E-state index >= 15 is 0 Å². The summed E-state index contributed by atoms with van der Waals surface area (Å²) in [4.78, 5) is 8.50. The van der Waals surface area contributed by atoms with Crippen molar-refractivity contribution in [3.8, 4) is 11.5 Å². The van der Waals surface area contributed by atoms with Gasteiger partial charge in [-0.15, -0.1) is 0 Å². The summed E-state index contributed by atoms with van der Waals surface area (Å²) in [6, 6.07) is 33.5. The third kappa shape index (κ3) is 7.63. The number of aromatic hydroxyl groups is 2. The van der Waals surface area contributed by atoms with Gasteiger partial charge in [-0.2, -0.15) is 0 Å². The second kappa shape index (κ2) is 12.4. The predicted octanol–water partition coefficient (Wildman–Crippen LogP) is 7.17. The Labute approximate surface area is 185 Å². The molecule has 0 saturated carbocycles. The molecule has 0 bridgehead atoms. The number of para-hydroxylation sites is 4. The number of hydrogen-bond acceptors (Lipinski definition) is 4. The lowest BCUT2D eigenvalue weighted by molar-refractivity contribution is 0.474. The number of phenolic OH excluding ortho intramolecular Hbond substituents is 2. The molecular formula is C27H28N2O2. The van der Waals surface area contributed by atoms with Crippen LogP contribution in [0.4, 0.5) is 11.4 Å². The molecule has 0 aromatic heterocycles. The maximum atomic E-state index is 9.50. The molecule has 4 aromatic carbocycles. The van der Waals surface area contributed by atoms with Crippen molar-refractivity contribution in [1.82, 2.24) is 0 Å². The Morgan fingerprint density at radius 1 is 0.484 bits per heavy atom. The lowest BCUT2D eigenvalue weighted by Gasteiger charge is -1.96. The molecular weight excluding hydrogens is 384 g/mol. The molecule has 0 aliphatic carbocycles. The molecule has 4 rings (SSSR count). The molecule has 0 fully saturated rings. The zero-order chi connectivity index (χ0) is 21.0. The molecule has 0 spiro atoms. The van der Waals surface area contributed by atoms with Gasteiger partial charge in [0.25, 0.3) is 0 Å². The summed E-state index contributed by atoms with van der Waals surface area (Å²) in [5, 5.41) is 19.0. The highest BCUT2D eigenvalue weighted by Gasteiger charge is 1.95. The first-order valence-corrected chi connectivity index (χ1v) is 9.46. The van der Waals surface area contributed by atoms with Crippen LogP contribution in [0, 0.1) is 0 Å². The maximum Gasteiger partial charge on any atom is 0.124 e. The van der Waals surface area contributed by atoms with Crippen molar-refractivity contribution >= 4 is 23.8 Å². The molecule has 0 atom stereocenters. The van der Waals surface area contributed by atoms with Gasteiger partial charge in [-0.05, 0) is 48.5 Å². The highest BCUT2D eigenvalue weighted by molar-refractivity contribution is 5.85. The second-order valence-corrected chi connectivity index (χ2v) is 6.31. The summed E-state index contributed by atoms with van der Waals surface area (Å²) in [5.41, 5.74) is 3.20. The number of hydrogen-bond donors (Lipinski definition) is 2. The normalized spacial score (nSPS) is 10.3. The van der Waals surface area contributed by atoms with Crippen molar-refractivity contribution in [2.24, 2.45) is 9.98 Å². The fraction of sp³-hybridized carbons (Fsp3) is 0.0370. The number of aliphatic imine (C=N–C) groups is 2. The van der Waals surface area contributed by atoms with Crippen LogP contribution < -0.4 is 0 Å². The minimum atomic E-state index is 0. The van der Waals surface area contributed by atoms with Gasteiger partial charge in [0.05, 0.1) is 11.4 Å². The topological polar surface area (TPSA) is 65.2 Å². The molecule has 4 aromatic rings. The molecule has 4 nitrogen and oxygen atoms in total. The zero-order valence-electron chi connectivity index (χ0n) is 16.3. The van der Waals surface area contributed by atoms with E-state index in [1.54, 1.807) is 36.7 Å². The van der Waals surface area contributed by atoms with Gasteiger partial charge in [0, 0.05) is 25.0 Å². The van der Waals surface area contributed by atoms with Gasteiger partial charge in [-0.3, -0.25) is 9.98 Å². The van der Waals surface area contributed by atoms with Gasteiger partial charge in [0.2, 0.25) is 0 Å². The van der Waals surface area contributed by atoms with Crippen LogP contribution in [0.15, 0.2) is 119 Å². The smallest absolute Gasteiger partial charge is 0.124 e. The van der Waals surface area contributed by atoms with E-state index in [-0.39, 0.29) is 20.4 Å². The monoisotopic (exact) mass is 413 g/mol. The average molecular weight is 414 g/mol. The second-order valence-electron chi connectivity index (χ2n) is 6.31. The van der Waals surface area contributed by atoms with Crippen LogP contribution in [0.1, 0.15) is 20.0 Å². The number of rotatable bonds is 4. The fourth-order valence-electron chi connectivity index (χ4n) is 2.51. The van der Waals surface area contributed by atoms with Crippen LogP contribution in [0.5, 0.6) is 11.5 Å². The van der Waals surface area contributed by atoms with Gasteiger partial charge < -0.3 is 10.2 Å². The van der Waals surface area contributed by atoms with E-state index in [1.165, 1.54) is 0 Å². The Morgan fingerprint density at radius 2 is 0.806 bits per heavy atom. The molecule has 0 radical (unpaired) electrons. The Bertz CT molecular complexity index is 1020. The van der Waals surface area contributed by atoms with Gasteiger partial charge in [-0.25, -0.2) is 0 Å². The largest absolute Gasteiger partial charge is 0.507 e. The van der Waals surface area contributed by atoms with Gasteiger partial charge >= 0.3 is 0 Å². The SMILES string of the molecule is C.Oc1ccccc1C=Nc1ccccc1.Oc1ccccc1C=Nc1ccccc1.[2HH]. The standard InChI is InChI=1S/2C13H11NO.CH4.H2/c2*15-13-9-5-4-6-11(13)10-14-12-7-2-1-3-8-12;;/h2*1-10,15H;1H4;1H/i;;;1+1. The molecule has 31 heavy (non-hydrogen) atoms. The van der Waals surface area contributed by atoms with Crippen LogP contribution in [-0.2, 0) is 0 Å². The molecule has 2 N–H and O–H groups in total. The van der Waals surface area contributed by atoms with E-state index in [4.69, 9.17) is 0 Å². The third-order valence-electron chi connectivity index (χ3n) is 4.09. The Kier molecular flexibility index (Phi) is 9.24. The lowest BCUT2D eigenvalue weighted by atomic mass is 10.2. The molecule has 158 valence electrons. The summed E-state index contributed by atoms with van der Waals surface area (Å²) in [7, 11) is 0. The minimum Gasteiger partial charge on any atom is -0.507 e. The number of nitrogens with zero attached hydrogens (tertiary/aromatic N) is 2. The van der Waals surface area contributed by atoms with Crippen LogP contribution >= 0.6 is 0 Å².